The number of carbonyl (C=O) groups excluding carboxylic acids is 2. The summed E-state index contributed by atoms with van der Waals surface area (Å²) in [7, 11) is 0. The Hall–Kier alpha value is -2.99. The number of hydrogen-bond acceptors (Lipinski definition) is 6. The molecule has 4 aromatic rings. The number of aromatic nitrogens is 1. The van der Waals surface area contributed by atoms with Gasteiger partial charge in [0, 0.05) is 53.7 Å². The third kappa shape index (κ3) is 5.16. The highest BCUT2D eigenvalue weighted by atomic mass is 35.5. The van der Waals surface area contributed by atoms with Gasteiger partial charge in [-0.05, 0) is 35.7 Å². The highest BCUT2D eigenvalue weighted by molar-refractivity contribution is 7.21. The van der Waals surface area contributed by atoms with Crippen LogP contribution in [0.4, 0.5) is 13.2 Å². The van der Waals surface area contributed by atoms with Crippen LogP contribution in [0.2, 0.25) is 5.02 Å². The normalized spacial score (nSPS) is 18.1. The Balaban J connectivity index is 1.09. The van der Waals surface area contributed by atoms with Crippen molar-refractivity contribution in [2.45, 2.75) is 24.7 Å². The van der Waals surface area contributed by atoms with Crippen molar-refractivity contribution in [2.75, 3.05) is 26.2 Å². The first-order chi connectivity index (χ1) is 18.7. The number of alkyl halides is 3. The maximum Gasteiger partial charge on any atom is 0.416 e. The van der Waals surface area contributed by atoms with E-state index in [1.165, 1.54) is 28.7 Å². The van der Waals surface area contributed by atoms with E-state index in [1.54, 1.807) is 45.0 Å². The van der Waals surface area contributed by atoms with Crippen molar-refractivity contribution in [3.8, 4) is 11.1 Å². The van der Waals surface area contributed by atoms with Gasteiger partial charge in [0.25, 0.3) is 11.8 Å². The Morgan fingerprint density at radius 1 is 1.00 bits per heavy atom. The van der Waals surface area contributed by atoms with Crippen LogP contribution in [-0.2, 0) is 6.18 Å². The Morgan fingerprint density at radius 2 is 1.77 bits per heavy atom. The number of likely N-dealkylation sites (tertiary alicyclic amines) is 2. The lowest BCUT2D eigenvalue weighted by Gasteiger charge is -2.41. The number of nitrogens with one attached hydrogen (secondary N) is 1. The van der Waals surface area contributed by atoms with Crippen LogP contribution in [0.25, 0.3) is 21.2 Å². The number of carbonyl (C=O) groups is 2. The Labute approximate surface area is 235 Å². The standard InChI is InChI=1S/C27H22ClF3N4O2S2/c28-23-20-5-4-16(15-2-1-3-17(8-15)27(29,30)31)9-22(20)39-24(23)26(37)35-11-19(12-35)33-18-6-7-34(10-18)25(36)21-13-38-14-32-21/h1-5,8-9,13-14,18-19,33H,6-7,10-12H2. The molecule has 2 amide bonds. The van der Waals surface area contributed by atoms with Gasteiger partial charge in [0.05, 0.1) is 16.1 Å². The molecule has 4 heterocycles. The number of halogens is 4. The molecule has 12 heteroatoms. The van der Waals surface area contributed by atoms with Gasteiger partial charge >= 0.3 is 6.18 Å². The summed E-state index contributed by atoms with van der Waals surface area (Å²) in [5, 5.41) is 6.36. The average molecular weight is 591 g/mol. The zero-order valence-electron chi connectivity index (χ0n) is 20.4. The number of thiophene rings is 1. The molecular weight excluding hydrogens is 569 g/mol. The van der Waals surface area contributed by atoms with Gasteiger partial charge in [0.1, 0.15) is 10.6 Å². The van der Waals surface area contributed by atoms with Gasteiger partial charge in [0.2, 0.25) is 0 Å². The van der Waals surface area contributed by atoms with Crippen molar-refractivity contribution in [3.05, 3.63) is 74.5 Å². The van der Waals surface area contributed by atoms with E-state index in [2.05, 4.69) is 10.3 Å². The fourth-order valence-corrected chi connectivity index (χ4v) is 7.09. The van der Waals surface area contributed by atoms with Crippen molar-refractivity contribution >= 4 is 56.2 Å². The molecule has 2 saturated heterocycles. The van der Waals surface area contributed by atoms with Crippen molar-refractivity contribution in [1.29, 1.82) is 0 Å². The number of benzene rings is 2. The lowest BCUT2D eigenvalue weighted by molar-refractivity contribution is -0.137. The number of rotatable bonds is 5. The molecule has 2 aromatic heterocycles. The summed E-state index contributed by atoms with van der Waals surface area (Å²) in [6.07, 6.45) is -3.58. The van der Waals surface area contributed by atoms with E-state index in [0.29, 0.717) is 58.3 Å². The van der Waals surface area contributed by atoms with E-state index in [4.69, 9.17) is 11.6 Å². The molecule has 1 N–H and O–H groups in total. The summed E-state index contributed by atoms with van der Waals surface area (Å²) in [6, 6.07) is 10.7. The zero-order chi connectivity index (χ0) is 27.3. The second-order valence-corrected chi connectivity index (χ2v) is 11.9. The number of nitrogens with zero attached hydrogens (tertiary/aromatic N) is 3. The molecule has 0 aliphatic carbocycles. The number of thiazole rings is 1. The summed E-state index contributed by atoms with van der Waals surface area (Å²) >= 11 is 9.23. The summed E-state index contributed by atoms with van der Waals surface area (Å²) in [4.78, 5) is 33.8. The summed E-state index contributed by atoms with van der Waals surface area (Å²) in [5.74, 6) is -0.215. The van der Waals surface area contributed by atoms with Crippen molar-refractivity contribution in [1.82, 2.24) is 20.1 Å². The number of hydrogen-bond donors (Lipinski definition) is 1. The van der Waals surface area contributed by atoms with E-state index in [-0.39, 0.29) is 23.9 Å². The quantitative estimate of drug-likeness (QED) is 0.308. The van der Waals surface area contributed by atoms with Crippen LogP contribution < -0.4 is 5.32 Å². The predicted octanol–water partition coefficient (Wildman–Crippen LogP) is 6.03. The molecule has 0 spiro atoms. The van der Waals surface area contributed by atoms with Crippen LogP contribution in [0.15, 0.2) is 53.4 Å². The maximum absolute atomic E-state index is 13.2. The maximum atomic E-state index is 13.2. The second-order valence-electron chi connectivity index (χ2n) is 9.72. The first-order valence-corrected chi connectivity index (χ1v) is 14.4. The van der Waals surface area contributed by atoms with E-state index >= 15 is 0 Å². The monoisotopic (exact) mass is 590 g/mol. The second kappa shape index (κ2) is 10.2. The molecule has 6 nitrogen and oxygen atoms in total. The van der Waals surface area contributed by atoms with Gasteiger partial charge in [-0.25, -0.2) is 4.98 Å². The van der Waals surface area contributed by atoms with Gasteiger partial charge in [-0.2, -0.15) is 13.2 Å². The summed E-state index contributed by atoms with van der Waals surface area (Å²) in [5.41, 5.74) is 2.48. The number of fused-ring (bicyclic) bond motifs is 1. The Bertz CT molecular complexity index is 1550. The van der Waals surface area contributed by atoms with E-state index < -0.39 is 11.7 Å². The largest absolute Gasteiger partial charge is 0.416 e. The molecule has 6 rings (SSSR count). The van der Waals surface area contributed by atoms with Crippen molar-refractivity contribution < 1.29 is 22.8 Å². The molecule has 2 aromatic carbocycles. The third-order valence-electron chi connectivity index (χ3n) is 7.11. The zero-order valence-corrected chi connectivity index (χ0v) is 22.8. The fraction of sp³-hybridized carbons (Fsp3) is 0.296. The van der Waals surface area contributed by atoms with Gasteiger partial charge < -0.3 is 15.1 Å². The fourth-order valence-electron chi connectivity index (χ4n) is 5.05. The van der Waals surface area contributed by atoms with E-state index in [0.717, 1.165) is 23.3 Å². The predicted molar refractivity (Wildman–Crippen MR) is 147 cm³/mol. The van der Waals surface area contributed by atoms with Gasteiger partial charge in [0.15, 0.2) is 0 Å². The SMILES string of the molecule is O=C(c1cscn1)N1CCC(NC2CN(C(=O)c3sc4cc(-c5cccc(C(F)(F)F)c5)ccc4c3Cl)C2)C1. The van der Waals surface area contributed by atoms with Crippen LogP contribution >= 0.6 is 34.3 Å². The minimum atomic E-state index is -4.42. The van der Waals surface area contributed by atoms with Crippen LogP contribution in [0, 0.1) is 0 Å². The van der Waals surface area contributed by atoms with Crippen LogP contribution in [0.5, 0.6) is 0 Å². The van der Waals surface area contributed by atoms with E-state index in [9.17, 15) is 22.8 Å². The Morgan fingerprint density at radius 3 is 2.51 bits per heavy atom. The highest BCUT2D eigenvalue weighted by Gasteiger charge is 2.37. The first kappa shape index (κ1) is 26.2. The van der Waals surface area contributed by atoms with Gasteiger partial charge in [-0.1, -0.05) is 35.9 Å². The minimum absolute atomic E-state index is 0.0541. The molecule has 2 aliphatic heterocycles. The molecule has 2 aliphatic rings. The highest BCUT2D eigenvalue weighted by Crippen LogP contribution is 2.39. The van der Waals surface area contributed by atoms with Crippen molar-refractivity contribution in [3.63, 3.8) is 0 Å². The molecule has 1 atom stereocenters. The molecule has 2 fully saturated rings. The lowest BCUT2D eigenvalue weighted by atomic mass is 10.0. The van der Waals surface area contributed by atoms with E-state index in [1.807, 2.05) is 0 Å². The topological polar surface area (TPSA) is 65.5 Å². The van der Waals surface area contributed by atoms with Crippen molar-refractivity contribution in [2.24, 2.45) is 0 Å². The molecule has 0 radical (unpaired) electrons. The van der Waals surface area contributed by atoms with Crippen LogP contribution in [-0.4, -0.2) is 64.9 Å². The van der Waals surface area contributed by atoms with Crippen LogP contribution in [0.3, 0.4) is 0 Å². The van der Waals surface area contributed by atoms with Crippen LogP contribution in [0.1, 0.15) is 32.1 Å². The summed E-state index contributed by atoms with van der Waals surface area (Å²) in [6.45, 7) is 2.35. The average Bonchev–Trinajstić information content (AvgIpc) is 3.66. The summed E-state index contributed by atoms with van der Waals surface area (Å²) < 4.78 is 40.2. The molecular formula is C27H22ClF3N4O2S2. The molecule has 0 bridgehead atoms. The van der Waals surface area contributed by atoms with Gasteiger partial charge in [-0.15, -0.1) is 22.7 Å². The van der Waals surface area contributed by atoms with Gasteiger partial charge in [-0.3, -0.25) is 9.59 Å². The minimum Gasteiger partial charge on any atom is -0.336 e. The third-order valence-corrected chi connectivity index (χ3v) is 9.35. The molecule has 1 unspecified atom stereocenters. The smallest absolute Gasteiger partial charge is 0.336 e. The molecule has 0 saturated carbocycles. The lowest BCUT2D eigenvalue weighted by Crippen LogP contribution is -2.62. The first-order valence-electron chi connectivity index (χ1n) is 12.3. The Kier molecular flexibility index (Phi) is 6.86. The number of amides is 2. The molecule has 202 valence electrons. The molecule has 39 heavy (non-hydrogen) atoms.